The van der Waals surface area contributed by atoms with E-state index in [1.54, 1.807) is 6.92 Å². The Balaban J connectivity index is 0.00000400. The van der Waals surface area contributed by atoms with Gasteiger partial charge in [-0.05, 0) is 31.0 Å². The van der Waals surface area contributed by atoms with Crippen LogP contribution in [0.2, 0.25) is 0 Å². The Morgan fingerprint density at radius 1 is 1.24 bits per heavy atom. The van der Waals surface area contributed by atoms with Gasteiger partial charge in [0, 0.05) is 16.4 Å². The van der Waals surface area contributed by atoms with Gasteiger partial charge in [0.2, 0.25) is 5.91 Å². The first-order chi connectivity index (χ1) is 9.19. The van der Waals surface area contributed by atoms with Crippen LogP contribution in [0.3, 0.4) is 0 Å². The third kappa shape index (κ3) is 5.97. The molecule has 0 bridgehead atoms. The second kappa shape index (κ2) is 8.16. The molecule has 0 aliphatic rings. The van der Waals surface area contributed by atoms with Crippen molar-refractivity contribution in [3.63, 3.8) is 0 Å². The van der Waals surface area contributed by atoms with E-state index in [2.05, 4.69) is 47.2 Å². The first-order valence-electron chi connectivity index (χ1n) is 7.02. The molecular weight excluding hydrogens is 352 g/mol. The molecule has 0 heterocycles. The van der Waals surface area contributed by atoms with Gasteiger partial charge in [-0.25, -0.2) is 0 Å². The van der Waals surface area contributed by atoms with Gasteiger partial charge in [-0.3, -0.25) is 4.79 Å². The smallest absolute Gasteiger partial charge is 0.239 e. The summed E-state index contributed by atoms with van der Waals surface area (Å²) in [6, 6.07) is 8.18. The molecule has 1 aromatic rings. The van der Waals surface area contributed by atoms with Crippen molar-refractivity contribution in [2.45, 2.75) is 51.5 Å². The number of rotatable bonds is 6. The van der Waals surface area contributed by atoms with Crippen LogP contribution in [-0.4, -0.2) is 18.0 Å². The molecule has 1 atom stereocenters. The highest BCUT2D eigenvalue weighted by Crippen LogP contribution is 2.24. The lowest BCUT2D eigenvalue weighted by Crippen LogP contribution is -2.53. The van der Waals surface area contributed by atoms with Crippen LogP contribution in [0.4, 0.5) is 0 Å². The zero-order chi connectivity index (χ0) is 15.4. The molecule has 1 aromatic carbocycles. The number of halogens is 2. The topological polar surface area (TPSA) is 55.1 Å². The van der Waals surface area contributed by atoms with Crippen molar-refractivity contribution in [2.24, 2.45) is 5.73 Å². The zero-order valence-corrected chi connectivity index (χ0v) is 15.6. The summed E-state index contributed by atoms with van der Waals surface area (Å²) in [4.78, 5) is 12.1. The predicted molar refractivity (Wildman–Crippen MR) is 94.9 cm³/mol. The first-order valence-corrected chi connectivity index (χ1v) is 7.81. The minimum atomic E-state index is -0.787. The molecule has 21 heavy (non-hydrogen) atoms. The van der Waals surface area contributed by atoms with Crippen LogP contribution >= 0.6 is 28.3 Å². The summed E-state index contributed by atoms with van der Waals surface area (Å²) in [5.74, 6) is -0.0791. The Bertz CT molecular complexity index is 458. The van der Waals surface area contributed by atoms with Gasteiger partial charge in [-0.2, -0.15) is 0 Å². The van der Waals surface area contributed by atoms with Crippen LogP contribution < -0.4 is 11.1 Å². The van der Waals surface area contributed by atoms with E-state index in [4.69, 9.17) is 5.73 Å². The van der Waals surface area contributed by atoms with Crippen molar-refractivity contribution >= 4 is 34.2 Å². The molecule has 0 saturated carbocycles. The summed E-state index contributed by atoms with van der Waals surface area (Å²) in [6.07, 6.45) is 1.59. The monoisotopic (exact) mass is 376 g/mol. The summed E-state index contributed by atoms with van der Waals surface area (Å²) in [5, 5.41) is 2.99. The van der Waals surface area contributed by atoms with Crippen LogP contribution in [0.15, 0.2) is 28.7 Å². The van der Waals surface area contributed by atoms with Crippen LogP contribution in [-0.2, 0) is 10.2 Å². The highest BCUT2D eigenvalue weighted by atomic mass is 79.9. The number of nitrogens with one attached hydrogen (secondary N) is 1. The SMILES string of the molecule is CCCC(C)(N)C(=O)NCC(C)(C)c1ccc(Br)cc1.Cl. The maximum Gasteiger partial charge on any atom is 0.239 e. The molecule has 5 heteroatoms. The number of nitrogens with two attached hydrogens (primary N) is 1. The van der Waals surface area contributed by atoms with E-state index in [9.17, 15) is 4.79 Å². The van der Waals surface area contributed by atoms with Gasteiger partial charge in [-0.1, -0.05) is 55.3 Å². The van der Waals surface area contributed by atoms with Crippen molar-refractivity contribution in [2.75, 3.05) is 6.54 Å². The van der Waals surface area contributed by atoms with E-state index in [0.717, 1.165) is 10.9 Å². The van der Waals surface area contributed by atoms with Gasteiger partial charge in [0.25, 0.3) is 0 Å². The Hall–Kier alpha value is -0.580. The van der Waals surface area contributed by atoms with Crippen LogP contribution in [0, 0.1) is 0 Å². The summed E-state index contributed by atoms with van der Waals surface area (Å²) in [6.45, 7) is 8.63. The Morgan fingerprint density at radius 2 is 1.76 bits per heavy atom. The van der Waals surface area contributed by atoms with E-state index in [0.29, 0.717) is 13.0 Å². The minimum absolute atomic E-state index is 0. The van der Waals surface area contributed by atoms with Crippen molar-refractivity contribution in [1.29, 1.82) is 0 Å². The summed E-state index contributed by atoms with van der Waals surface area (Å²) < 4.78 is 1.05. The lowest BCUT2D eigenvalue weighted by molar-refractivity contribution is -0.126. The van der Waals surface area contributed by atoms with Gasteiger partial charge in [0.15, 0.2) is 0 Å². The number of amides is 1. The predicted octanol–water partition coefficient (Wildman–Crippen LogP) is 3.78. The van der Waals surface area contributed by atoms with Gasteiger partial charge in [0.05, 0.1) is 5.54 Å². The maximum atomic E-state index is 12.1. The fraction of sp³-hybridized carbons (Fsp3) is 0.562. The summed E-state index contributed by atoms with van der Waals surface area (Å²) in [5.41, 5.74) is 6.32. The highest BCUT2D eigenvalue weighted by Gasteiger charge is 2.29. The first kappa shape index (κ1) is 20.4. The van der Waals surface area contributed by atoms with Crippen LogP contribution in [0.25, 0.3) is 0 Å². The maximum absolute atomic E-state index is 12.1. The molecule has 1 amide bonds. The molecule has 120 valence electrons. The molecule has 0 aromatic heterocycles. The van der Waals surface area contributed by atoms with E-state index < -0.39 is 5.54 Å². The Labute approximate surface area is 142 Å². The van der Waals surface area contributed by atoms with E-state index in [-0.39, 0.29) is 23.7 Å². The number of carbonyl (C=O) groups is 1. The molecule has 0 saturated heterocycles. The standard InChI is InChI=1S/C16H25BrN2O.ClH/c1-5-10-16(4,18)14(20)19-11-15(2,3)12-6-8-13(17)9-7-12;/h6-9H,5,10-11,18H2,1-4H3,(H,19,20);1H. The van der Waals surface area contributed by atoms with Crippen molar-refractivity contribution in [3.05, 3.63) is 34.3 Å². The van der Waals surface area contributed by atoms with E-state index in [1.165, 1.54) is 5.56 Å². The molecule has 0 radical (unpaired) electrons. The largest absolute Gasteiger partial charge is 0.354 e. The molecule has 0 fully saturated rings. The average molecular weight is 378 g/mol. The Kier molecular flexibility index (Phi) is 7.93. The third-order valence-corrected chi connectivity index (χ3v) is 4.13. The zero-order valence-electron chi connectivity index (χ0n) is 13.2. The summed E-state index contributed by atoms with van der Waals surface area (Å²) >= 11 is 3.43. The van der Waals surface area contributed by atoms with Gasteiger partial charge >= 0.3 is 0 Å². The summed E-state index contributed by atoms with van der Waals surface area (Å²) in [7, 11) is 0. The third-order valence-electron chi connectivity index (χ3n) is 3.60. The van der Waals surface area contributed by atoms with Crippen LogP contribution in [0.5, 0.6) is 0 Å². The molecule has 0 aliphatic carbocycles. The van der Waals surface area contributed by atoms with Gasteiger partial charge < -0.3 is 11.1 Å². The second-order valence-electron chi connectivity index (χ2n) is 6.24. The van der Waals surface area contributed by atoms with Crippen molar-refractivity contribution in [1.82, 2.24) is 5.32 Å². The van der Waals surface area contributed by atoms with Gasteiger partial charge in [-0.15, -0.1) is 12.4 Å². The number of hydrogen-bond acceptors (Lipinski definition) is 2. The molecule has 1 rings (SSSR count). The minimum Gasteiger partial charge on any atom is -0.354 e. The van der Waals surface area contributed by atoms with Crippen molar-refractivity contribution in [3.8, 4) is 0 Å². The quantitative estimate of drug-likeness (QED) is 0.792. The van der Waals surface area contributed by atoms with Gasteiger partial charge in [0.1, 0.15) is 0 Å². The second-order valence-corrected chi connectivity index (χ2v) is 7.16. The lowest BCUT2D eigenvalue weighted by Gasteiger charge is -2.29. The van der Waals surface area contributed by atoms with E-state index >= 15 is 0 Å². The number of hydrogen-bond donors (Lipinski definition) is 2. The van der Waals surface area contributed by atoms with E-state index in [1.807, 2.05) is 19.1 Å². The fourth-order valence-corrected chi connectivity index (χ4v) is 2.40. The van der Waals surface area contributed by atoms with Crippen molar-refractivity contribution < 1.29 is 4.79 Å². The molecular formula is C16H26BrClN2O. The Morgan fingerprint density at radius 3 is 2.24 bits per heavy atom. The highest BCUT2D eigenvalue weighted by molar-refractivity contribution is 9.10. The number of carbonyl (C=O) groups excluding carboxylic acids is 1. The number of benzene rings is 1. The van der Waals surface area contributed by atoms with Crippen LogP contribution in [0.1, 0.15) is 46.1 Å². The molecule has 0 aliphatic heterocycles. The molecule has 3 nitrogen and oxygen atoms in total. The lowest BCUT2D eigenvalue weighted by atomic mass is 9.84. The molecule has 3 N–H and O–H groups in total. The molecule has 0 spiro atoms. The fourth-order valence-electron chi connectivity index (χ4n) is 2.14. The normalized spacial score (nSPS) is 14.0. The average Bonchev–Trinajstić information content (AvgIpc) is 2.36. The molecule has 1 unspecified atom stereocenters.